The third-order valence-corrected chi connectivity index (χ3v) is 3.94. The van der Waals surface area contributed by atoms with Gasteiger partial charge in [0, 0.05) is 12.7 Å². The number of nitrogens with zero attached hydrogens (tertiary/aromatic N) is 1. The lowest BCUT2D eigenvalue weighted by atomic mass is 9.71. The van der Waals surface area contributed by atoms with Gasteiger partial charge < -0.3 is 4.90 Å². The molecule has 2 nitrogen and oxygen atoms in total. The molecule has 1 aromatic rings. The number of halogens is 3. The molecule has 0 bridgehead atoms. The number of carbonyl (C=O) groups excluding carboxylic acids is 1. The van der Waals surface area contributed by atoms with Crippen molar-refractivity contribution in [3.63, 3.8) is 0 Å². The van der Waals surface area contributed by atoms with Crippen LogP contribution in [0, 0.1) is 5.41 Å². The van der Waals surface area contributed by atoms with Crippen LogP contribution in [-0.4, -0.2) is 13.0 Å². The number of rotatable bonds is 1. The van der Waals surface area contributed by atoms with E-state index in [1.807, 2.05) is 20.8 Å². The van der Waals surface area contributed by atoms with Crippen molar-refractivity contribution in [1.29, 1.82) is 0 Å². The lowest BCUT2D eigenvalue weighted by molar-refractivity contribution is -0.137. The second-order valence-electron chi connectivity index (χ2n) is 7.16. The van der Waals surface area contributed by atoms with Gasteiger partial charge in [-0.3, -0.25) is 4.79 Å². The van der Waals surface area contributed by atoms with E-state index in [9.17, 15) is 18.0 Å². The van der Waals surface area contributed by atoms with Crippen molar-refractivity contribution in [2.24, 2.45) is 5.41 Å². The van der Waals surface area contributed by atoms with Crippen molar-refractivity contribution in [1.82, 2.24) is 0 Å². The highest BCUT2D eigenvalue weighted by molar-refractivity contribution is 6.07. The number of likely N-dealkylation sites (N-methyl/N-ethyl adjacent to an activating group) is 1. The van der Waals surface area contributed by atoms with E-state index in [0.29, 0.717) is 17.7 Å². The van der Waals surface area contributed by atoms with Crippen molar-refractivity contribution >= 4 is 11.6 Å². The van der Waals surface area contributed by atoms with Crippen molar-refractivity contribution in [2.75, 3.05) is 11.9 Å². The van der Waals surface area contributed by atoms with Gasteiger partial charge in [-0.15, -0.1) is 0 Å². The van der Waals surface area contributed by atoms with Gasteiger partial charge in [0.25, 0.3) is 0 Å². The molecule has 1 aliphatic heterocycles. The minimum Gasteiger partial charge on any atom is -0.314 e. The summed E-state index contributed by atoms with van der Waals surface area (Å²) in [7, 11) is 1.61. The molecule has 0 radical (unpaired) electrons. The first kappa shape index (κ1) is 15.9. The van der Waals surface area contributed by atoms with Crippen LogP contribution < -0.4 is 4.90 Å². The highest BCUT2D eigenvalue weighted by atomic mass is 19.4. The number of hydrogen-bond acceptors (Lipinski definition) is 1. The Kier molecular flexibility index (Phi) is 3.39. The van der Waals surface area contributed by atoms with E-state index in [1.54, 1.807) is 14.0 Å². The number of benzene rings is 1. The van der Waals surface area contributed by atoms with Gasteiger partial charge in [0.1, 0.15) is 0 Å². The molecule has 1 aliphatic rings. The maximum Gasteiger partial charge on any atom is 0.416 e. The molecule has 1 aromatic carbocycles. The fourth-order valence-electron chi connectivity index (χ4n) is 3.27. The first-order valence-electron chi connectivity index (χ1n) is 6.86. The predicted octanol–water partition coefficient (Wildman–Crippen LogP) is 4.38. The maximum atomic E-state index is 12.9. The Balaban J connectivity index is 2.60. The van der Waals surface area contributed by atoms with E-state index in [4.69, 9.17) is 0 Å². The summed E-state index contributed by atoms with van der Waals surface area (Å²) in [4.78, 5) is 14.0. The van der Waals surface area contributed by atoms with Crippen LogP contribution in [0.5, 0.6) is 0 Å². The van der Waals surface area contributed by atoms with E-state index in [2.05, 4.69) is 0 Å². The monoisotopic (exact) mass is 299 g/mol. The summed E-state index contributed by atoms with van der Waals surface area (Å²) in [5, 5.41) is 0. The van der Waals surface area contributed by atoms with E-state index in [-0.39, 0.29) is 11.3 Å². The Bertz CT molecular complexity index is 586. The molecular formula is C16H20F3NO. The lowest BCUT2D eigenvalue weighted by Gasteiger charge is -2.31. The number of hydrogen-bond donors (Lipinski definition) is 0. The zero-order chi connectivity index (χ0) is 16.2. The standard InChI is InChI=1S/C16H20F3NO/c1-14(2,3)9-15(4)11-8-10(16(17,18)19)6-7-12(11)20(5)13(15)21/h6-8H,9H2,1-5H3/t15-/m1/s1. The topological polar surface area (TPSA) is 20.3 Å². The predicted molar refractivity (Wildman–Crippen MR) is 76.3 cm³/mol. The summed E-state index contributed by atoms with van der Waals surface area (Å²) in [6.07, 6.45) is -3.90. The van der Waals surface area contributed by atoms with Crippen molar-refractivity contribution in [3.8, 4) is 0 Å². The minimum absolute atomic E-state index is 0.147. The molecule has 0 aliphatic carbocycles. The third kappa shape index (κ3) is 2.65. The van der Waals surface area contributed by atoms with Gasteiger partial charge in [-0.05, 0) is 42.5 Å². The molecule has 116 valence electrons. The van der Waals surface area contributed by atoms with Crippen LogP contribution in [0.1, 0.15) is 45.2 Å². The fraction of sp³-hybridized carbons (Fsp3) is 0.562. The molecule has 5 heteroatoms. The molecule has 21 heavy (non-hydrogen) atoms. The smallest absolute Gasteiger partial charge is 0.314 e. The van der Waals surface area contributed by atoms with Gasteiger partial charge in [-0.2, -0.15) is 13.2 Å². The molecule has 1 atom stereocenters. The fourth-order valence-corrected chi connectivity index (χ4v) is 3.27. The first-order valence-corrected chi connectivity index (χ1v) is 6.86. The van der Waals surface area contributed by atoms with Gasteiger partial charge in [-0.1, -0.05) is 20.8 Å². The second kappa shape index (κ2) is 4.49. The number of anilines is 1. The summed E-state index contributed by atoms with van der Waals surface area (Å²) in [5.74, 6) is -0.147. The van der Waals surface area contributed by atoms with Crippen molar-refractivity contribution in [2.45, 2.75) is 45.7 Å². The van der Waals surface area contributed by atoms with Crippen LogP contribution >= 0.6 is 0 Å². The average molecular weight is 299 g/mol. The molecule has 0 aromatic heterocycles. The van der Waals surface area contributed by atoms with E-state index in [0.717, 1.165) is 12.1 Å². The molecule has 2 rings (SSSR count). The third-order valence-electron chi connectivity index (χ3n) is 3.94. The van der Waals surface area contributed by atoms with Crippen LogP contribution in [0.25, 0.3) is 0 Å². The molecule has 1 heterocycles. The lowest BCUT2D eigenvalue weighted by Crippen LogP contribution is -2.39. The minimum atomic E-state index is -4.40. The summed E-state index contributed by atoms with van der Waals surface area (Å²) in [5.41, 5.74) is -0.742. The zero-order valence-electron chi connectivity index (χ0n) is 12.9. The molecule has 0 unspecified atom stereocenters. The van der Waals surface area contributed by atoms with Gasteiger partial charge in [0.2, 0.25) is 5.91 Å². The quantitative estimate of drug-likeness (QED) is 0.754. The average Bonchev–Trinajstić information content (AvgIpc) is 2.48. The molecule has 0 N–H and O–H groups in total. The molecular weight excluding hydrogens is 279 g/mol. The molecule has 0 saturated carbocycles. The molecule has 1 amide bonds. The van der Waals surface area contributed by atoms with Gasteiger partial charge >= 0.3 is 6.18 Å². The highest BCUT2D eigenvalue weighted by Gasteiger charge is 2.48. The van der Waals surface area contributed by atoms with Crippen LogP contribution in [-0.2, 0) is 16.4 Å². The molecule has 0 spiro atoms. The van der Waals surface area contributed by atoms with Crippen molar-refractivity contribution in [3.05, 3.63) is 29.3 Å². The van der Waals surface area contributed by atoms with E-state index >= 15 is 0 Å². The van der Waals surface area contributed by atoms with Gasteiger partial charge in [-0.25, -0.2) is 0 Å². The van der Waals surface area contributed by atoms with Gasteiger partial charge in [0.05, 0.1) is 11.0 Å². The highest BCUT2D eigenvalue weighted by Crippen LogP contribution is 2.48. The molecule has 0 saturated heterocycles. The summed E-state index contributed by atoms with van der Waals surface area (Å²) >= 11 is 0. The van der Waals surface area contributed by atoms with Crippen LogP contribution in [0.2, 0.25) is 0 Å². The normalized spacial score (nSPS) is 22.7. The largest absolute Gasteiger partial charge is 0.416 e. The Morgan fingerprint density at radius 3 is 2.24 bits per heavy atom. The second-order valence-corrected chi connectivity index (χ2v) is 7.16. The Hall–Kier alpha value is -1.52. The van der Waals surface area contributed by atoms with Crippen LogP contribution in [0.15, 0.2) is 18.2 Å². The Morgan fingerprint density at radius 2 is 1.76 bits per heavy atom. The summed E-state index contributed by atoms with van der Waals surface area (Å²) in [6.45, 7) is 7.69. The first-order chi connectivity index (χ1) is 9.36. The Morgan fingerprint density at radius 1 is 1.19 bits per heavy atom. The van der Waals surface area contributed by atoms with Gasteiger partial charge in [0.15, 0.2) is 0 Å². The number of carbonyl (C=O) groups is 1. The Labute approximate surface area is 122 Å². The van der Waals surface area contributed by atoms with Crippen molar-refractivity contribution < 1.29 is 18.0 Å². The summed E-state index contributed by atoms with van der Waals surface area (Å²) < 4.78 is 38.8. The SMILES string of the molecule is CN1C(=O)[C@](C)(CC(C)(C)C)c2cc(C(F)(F)F)ccc21. The number of alkyl halides is 3. The van der Waals surface area contributed by atoms with Crippen LogP contribution in [0.3, 0.4) is 0 Å². The summed E-state index contributed by atoms with van der Waals surface area (Å²) in [6, 6.07) is 3.55. The van der Waals surface area contributed by atoms with E-state index in [1.165, 1.54) is 11.0 Å². The molecule has 0 fully saturated rings. The maximum absolute atomic E-state index is 12.9. The van der Waals surface area contributed by atoms with E-state index < -0.39 is 17.2 Å². The number of fused-ring (bicyclic) bond motifs is 1. The zero-order valence-corrected chi connectivity index (χ0v) is 12.9. The number of amides is 1. The van der Waals surface area contributed by atoms with Crippen LogP contribution in [0.4, 0.5) is 18.9 Å².